The lowest BCUT2D eigenvalue weighted by molar-refractivity contribution is 0.145. The van der Waals surface area contributed by atoms with E-state index in [2.05, 4.69) is 0 Å². The fourth-order valence-corrected chi connectivity index (χ4v) is 5.05. The molecule has 0 aromatic heterocycles. The normalized spacial score (nSPS) is 19.1. The number of hydrogen-bond acceptors (Lipinski definition) is 4. The van der Waals surface area contributed by atoms with Gasteiger partial charge in [-0.25, -0.2) is 0 Å². The molecule has 0 bridgehead atoms. The van der Waals surface area contributed by atoms with E-state index in [-0.39, 0.29) is 6.04 Å². The molecule has 1 unspecified atom stereocenters. The minimum Gasteiger partial charge on any atom is -0.497 e. The fourth-order valence-electron chi connectivity index (χ4n) is 3.12. The predicted molar refractivity (Wildman–Crippen MR) is 94.2 cm³/mol. The summed E-state index contributed by atoms with van der Waals surface area (Å²) in [6.45, 7) is 3.84. The highest BCUT2D eigenvalue weighted by molar-refractivity contribution is 7.86. The Labute approximate surface area is 145 Å². The molecule has 7 heteroatoms. The van der Waals surface area contributed by atoms with E-state index < -0.39 is 10.2 Å². The molecular formula is C17H28N2O4S. The van der Waals surface area contributed by atoms with Gasteiger partial charge in [0.2, 0.25) is 0 Å². The van der Waals surface area contributed by atoms with Gasteiger partial charge in [0.1, 0.15) is 5.75 Å². The Bertz CT molecular complexity index is 621. The second-order valence-corrected chi connectivity index (χ2v) is 7.94. The predicted octanol–water partition coefficient (Wildman–Crippen LogP) is 2.26. The van der Waals surface area contributed by atoms with Crippen LogP contribution in [0.1, 0.15) is 31.7 Å². The maximum absolute atomic E-state index is 13.1. The summed E-state index contributed by atoms with van der Waals surface area (Å²) in [6.07, 6.45) is 2.50. The van der Waals surface area contributed by atoms with E-state index in [9.17, 15) is 8.42 Å². The molecule has 0 spiro atoms. The van der Waals surface area contributed by atoms with Crippen LogP contribution in [0, 0.1) is 0 Å². The minimum absolute atomic E-state index is 0.0651. The lowest BCUT2D eigenvalue weighted by atomic mass is 10.2. The molecule has 0 amide bonds. The van der Waals surface area contributed by atoms with Crippen molar-refractivity contribution in [2.45, 2.75) is 38.8 Å². The zero-order chi connectivity index (χ0) is 17.6. The van der Waals surface area contributed by atoms with Crippen molar-refractivity contribution in [2.75, 3.05) is 33.9 Å². The van der Waals surface area contributed by atoms with Gasteiger partial charge in [0.05, 0.1) is 13.7 Å². The van der Waals surface area contributed by atoms with Crippen LogP contribution < -0.4 is 4.74 Å². The average Bonchev–Trinajstić information content (AvgIpc) is 3.04. The maximum Gasteiger partial charge on any atom is 0.282 e. The Hall–Kier alpha value is -1.15. The van der Waals surface area contributed by atoms with Crippen molar-refractivity contribution in [3.05, 3.63) is 29.8 Å². The van der Waals surface area contributed by atoms with Crippen molar-refractivity contribution in [2.24, 2.45) is 0 Å². The molecular weight excluding hydrogens is 328 g/mol. The maximum atomic E-state index is 13.1. The summed E-state index contributed by atoms with van der Waals surface area (Å²) in [5.41, 5.74) is 0.925. The number of ether oxygens (including phenoxy) is 2. The summed E-state index contributed by atoms with van der Waals surface area (Å²) in [6, 6.07) is 7.49. The van der Waals surface area contributed by atoms with Gasteiger partial charge in [0, 0.05) is 32.8 Å². The van der Waals surface area contributed by atoms with Crippen molar-refractivity contribution in [3.63, 3.8) is 0 Å². The molecule has 1 aromatic carbocycles. The summed E-state index contributed by atoms with van der Waals surface area (Å²) in [5, 5.41) is 0. The number of benzene rings is 1. The Morgan fingerprint density at radius 3 is 2.79 bits per heavy atom. The highest BCUT2D eigenvalue weighted by Crippen LogP contribution is 2.25. The van der Waals surface area contributed by atoms with Crippen molar-refractivity contribution >= 4 is 10.2 Å². The highest BCUT2D eigenvalue weighted by Gasteiger charge is 2.37. The van der Waals surface area contributed by atoms with Gasteiger partial charge in [-0.05, 0) is 37.0 Å². The molecule has 1 aliphatic heterocycles. The van der Waals surface area contributed by atoms with Gasteiger partial charge in [-0.1, -0.05) is 19.1 Å². The van der Waals surface area contributed by atoms with Gasteiger partial charge in [-0.3, -0.25) is 0 Å². The molecule has 0 radical (unpaired) electrons. The first-order valence-corrected chi connectivity index (χ1v) is 9.81. The van der Waals surface area contributed by atoms with Crippen LogP contribution in [0.3, 0.4) is 0 Å². The summed E-state index contributed by atoms with van der Waals surface area (Å²) in [5.74, 6) is 0.736. The fraction of sp³-hybridized carbons (Fsp3) is 0.647. The lowest BCUT2D eigenvalue weighted by Crippen LogP contribution is -2.47. The Morgan fingerprint density at radius 2 is 2.12 bits per heavy atom. The van der Waals surface area contributed by atoms with Crippen LogP contribution in [0.15, 0.2) is 24.3 Å². The molecule has 1 atom stereocenters. The first kappa shape index (κ1) is 19.2. The van der Waals surface area contributed by atoms with Crippen molar-refractivity contribution in [1.29, 1.82) is 0 Å². The highest BCUT2D eigenvalue weighted by atomic mass is 32.2. The van der Waals surface area contributed by atoms with Crippen molar-refractivity contribution in [1.82, 2.24) is 8.61 Å². The molecule has 6 nitrogen and oxygen atoms in total. The summed E-state index contributed by atoms with van der Waals surface area (Å²) in [4.78, 5) is 0. The van der Waals surface area contributed by atoms with Crippen LogP contribution in [0.2, 0.25) is 0 Å². The van der Waals surface area contributed by atoms with E-state index in [0.29, 0.717) is 26.2 Å². The number of rotatable bonds is 9. The van der Waals surface area contributed by atoms with Gasteiger partial charge < -0.3 is 9.47 Å². The molecule has 1 fully saturated rings. The minimum atomic E-state index is -3.51. The first-order chi connectivity index (χ1) is 11.5. The summed E-state index contributed by atoms with van der Waals surface area (Å²) >= 11 is 0. The smallest absolute Gasteiger partial charge is 0.282 e. The SMILES string of the molecule is CCCN(Cc1cccc(OC)c1)S(=O)(=O)N1CCCC1COC. The quantitative estimate of drug-likeness (QED) is 0.681. The number of nitrogens with zero attached hydrogens (tertiary/aromatic N) is 2. The molecule has 136 valence electrons. The lowest BCUT2D eigenvalue weighted by Gasteiger charge is -2.30. The van der Waals surface area contributed by atoms with Crippen molar-refractivity contribution in [3.8, 4) is 5.75 Å². The molecule has 1 saturated heterocycles. The van der Waals surface area contributed by atoms with Crippen LogP contribution in [0.25, 0.3) is 0 Å². The molecule has 2 rings (SSSR count). The zero-order valence-electron chi connectivity index (χ0n) is 14.8. The molecule has 0 aliphatic carbocycles. The summed E-state index contributed by atoms with van der Waals surface area (Å²) in [7, 11) is -0.282. The van der Waals surface area contributed by atoms with Crippen LogP contribution in [0.4, 0.5) is 0 Å². The number of methoxy groups -OCH3 is 2. The molecule has 0 N–H and O–H groups in total. The van der Waals surface area contributed by atoms with Crippen molar-refractivity contribution < 1.29 is 17.9 Å². The second-order valence-electron chi connectivity index (χ2n) is 6.05. The average molecular weight is 356 g/mol. The zero-order valence-corrected chi connectivity index (χ0v) is 15.6. The van der Waals surface area contributed by atoms with E-state index in [1.807, 2.05) is 31.2 Å². The molecule has 1 aliphatic rings. The molecule has 24 heavy (non-hydrogen) atoms. The van der Waals surface area contributed by atoms with Gasteiger partial charge in [-0.2, -0.15) is 17.0 Å². The monoisotopic (exact) mass is 356 g/mol. The van der Waals surface area contributed by atoms with E-state index >= 15 is 0 Å². The van der Waals surface area contributed by atoms with Crippen LogP contribution in [0.5, 0.6) is 5.75 Å². The van der Waals surface area contributed by atoms with Gasteiger partial charge in [-0.15, -0.1) is 0 Å². The third kappa shape index (κ3) is 4.47. The van der Waals surface area contributed by atoms with E-state index in [0.717, 1.165) is 30.6 Å². The first-order valence-electron chi connectivity index (χ1n) is 8.41. The largest absolute Gasteiger partial charge is 0.497 e. The third-order valence-corrected chi connectivity index (χ3v) is 6.31. The Kier molecular flexibility index (Phi) is 7.03. The van der Waals surface area contributed by atoms with Crippen LogP contribution >= 0.6 is 0 Å². The Balaban J connectivity index is 2.21. The van der Waals surface area contributed by atoms with Crippen LogP contribution in [-0.2, 0) is 21.5 Å². The molecule has 1 aromatic rings. The van der Waals surface area contributed by atoms with Gasteiger partial charge >= 0.3 is 0 Å². The summed E-state index contributed by atoms with van der Waals surface area (Å²) < 4.78 is 39.9. The molecule has 0 saturated carbocycles. The second kappa shape index (κ2) is 8.80. The van der Waals surface area contributed by atoms with Gasteiger partial charge in [0.25, 0.3) is 10.2 Å². The molecule has 1 heterocycles. The third-order valence-electron chi connectivity index (χ3n) is 4.27. The van der Waals surface area contributed by atoms with E-state index in [1.54, 1.807) is 22.8 Å². The van der Waals surface area contributed by atoms with E-state index in [1.165, 1.54) is 0 Å². The standard InChI is InChI=1S/C17H28N2O4S/c1-4-10-18(13-15-7-5-9-17(12-15)23-3)24(20,21)19-11-6-8-16(19)14-22-2/h5,7,9,12,16H,4,6,8,10-11,13-14H2,1-3H3. The number of hydrogen-bond donors (Lipinski definition) is 0. The van der Waals surface area contributed by atoms with Crippen LogP contribution in [-0.4, -0.2) is 57.0 Å². The Morgan fingerprint density at radius 1 is 1.33 bits per heavy atom. The topological polar surface area (TPSA) is 59.1 Å². The van der Waals surface area contributed by atoms with Gasteiger partial charge in [0.15, 0.2) is 0 Å². The van der Waals surface area contributed by atoms with E-state index in [4.69, 9.17) is 9.47 Å².